The van der Waals surface area contributed by atoms with Crippen LogP contribution in [0.1, 0.15) is 22.3 Å². The number of hydrogen-bond acceptors (Lipinski definition) is 2. The second-order valence-electron chi connectivity index (χ2n) is 16.5. The van der Waals surface area contributed by atoms with Gasteiger partial charge >= 0.3 is 0 Å². The van der Waals surface area contributed by atoms with Crippen molar-refractivity contribution >= 4 is 21.9 Å². The summed E-state index contributed by atoms with van der Waals surface area (Å²) in [6, 6.07) is 82.1. The summed E-state index contributed by atoms with van der Waals surface area (Å²) < 4.78 is 6.75. The molecule has 9 aromatic carbocycles. The lowest BCUT2D eigenvalue weighted by Crippen LogP contribution is -2.30. The van der Waals surface area contributed by atoms with Crippen molar-refractivity contribution in [3.63, 3.8) is 0 Å². The molecule has 11 aromatic rings. The van der Waals surface area contributed by atoms with Gasteiger partial charge in [0.2, 0.25) is 0 Å². The lowest BCUT2D eigenvalue weighted by atomic mass is 9.64. The van der Waals surface area contributed by atoms with E-state index in [0.717, 1.165) is 66.7 Å². The predicted molar refractivity (Wildman–Crippen MR) is 255 cm³/mol. The number of para-hydroxylation sites is 1. The molecular formula is C60H37NO. The van der Waals surface area contributed by atoms with Gasteiger partial charge in [-0.3, -0.25) is 0 Å². The molecule has 2 aliphatic rings. The normalized spacial score (nSPS) is 13.0. The topological polar surface area (TPSA) is 26.0 Å². The van der Waals surface area contributed by atoms with E-state index in [1.165, 1.54) is 55.6 Å². The summed E-state index contributed by atoms with van der Waals surface area (Å²) in [6.07, 6.45) is 0. The first-order valence-electron chi connectivity index (χ1n) is 21.4. The zero-order valence-electron chi connectivity index (χ0n) is 33.7. The zero-order chi connectivity index (χ0) is 40.8. The summed E-state index contributed by atoms with van der Waals surface area (Å²) in [5.41, 5.74) is 22.1. The number of nitrogens with zero attached hydrogens (tertiary/aromatic N) is 1. The van der Waals surface area contributed by atoms with Gasteiger partial charge < -0.3 is 4.42 Å². The molecular weight excluding hydrogens is 751 g/mol. The summed E-state index contributed by atoms with van der Waals surface area (Å²) in [5, 5.41) is 2.20. The van der Waals surface area contributed by atoms with Crippen LogP contribution in [0.25, 0.3) is 100 Å². The molecule has 0 N–H and O–H groups in total. The van der Waals surface area contributed by atoms with Gasteiger partial charge in [-0.15, -0.1) is 0 Å². The van der Waals surface area contributed by atoms with E-state index in [1.807, 2.05) is 0 Å². The van der Waals surface area contributed by atoms with Gasteiger partial charge in [-0.1, -0.05) is 194 Å². The number of furan rings is 1. The summed E-state index contributed by atoms with van der Waals surface area (Å²) in [5.74, 6) is 0. The average Bonchev–Trinajstić information content (AvgIpc) is 3.87. The molecule has 2 heterocycles. The summed E-state index contributed by atoms with van der Waals surface area (Å²) in [6.45, 7) is 0. The van der Waals surface area contributed by atoms with E-state index in [1.54, 1.807) is 0 Å². The highest BCUT2D eigenvalue weighted by Crippen LogP contribution is 2.61. The van der Waals surface area contributed by atoms with Crippen molar-refractivity contribution in [3.8, 4) is 78.1 Å². The van der Waals surface area contributed by atoms with E-state index in [0.29, 0.717) is 0 Å². The van der Waals surface area contributed by atoms with Crippen molar-refractivity contribution in [3.05, 3.63) is 247 Å². The number of pyridine rings is 1. The Labute approximate surface area is 360 Å². The van der Waals surface area contributed by atoms with Crippen LogP contribution in [0.15, 0.2) is 229 Å². The van der Waals surface area contributed by atoms with Gasteiger partial charge in [0.05, 0.1) is 16.8 Å². The first-order chi connectivity index (χ1) is 30.8. The molecule has 288 valence electrons. The van der Waals surface area contributed by atoms with Crippen molar-refractivity contribution in [1.29, 1.82) is 0 Å². The molecule has 0 saturated carbocycles. The molecule has 0 fully saturated rings. The van der Waals surface area contributed by atoms with Gasteiger partial charge in [0, 0.05) is 21.9 Å². The largest absolute Gasteiger partial charge is 0.456 e. The van der Waals surface area contributed by atoms with E-state index >= 15 is 0 Å². The van der Waals surface area contributed by atoms with Gasteiger partial charge in [0.15, 0.2) is 0 Å². The molecule has 2 aromatic heterocycles. The molecule has 0 atom stereocenters. The van der Waals surface area contributed by atoms with Crippen molar-refractivity contribution in [2.24, 2.45) is 0 Å². The molecule has 13 rings (SSSR count). The highest BCUT2D eigenvalue weighted by Gasteiger charge is 2.49. The van der Waals surface area contributed by atoms with Crippen LogP contribution >= 0.6 is 0 Å². The molecule has 0 saturated heterocycles. The highest BCUT2D eigenvalue weighted by atomic mass is 16.3. The van der Waals surface area contributed by atoms with Gasteiger partial charge in [-0.05, 0) is 108 Å². The SMILES string of the molecule is c1ccc(-c2cc(-c3cccc4c3-c3cc5c(cc3-c3ccccc3C3(c6ccccc6-c6ccccc63)c3ccccc3-4)oc3ccccc35)cc(-c3ccccc3)n2)cc1. The second-order valence-corrected chi connectivity index (χ2v) is 16.5. The van der Waals surface area contributed by atoms with Crippen LogP contribution in [-0.2, 0) is 5.41 Å². The maximum absolute atomic E-state index is 6.75. The Morgan fingerprint density at radius 3 is 1.32 bits per heavy atom. The van der Waals surface area contributed by atoms with E-state index in [2.05, 4.69) is 224 Å². The summed E-state index contributed by atoms with van der Waals surface area (Å²) >= 11 is 0. The zero-order valence-corrected chi connectivity index (χ0v) is 33.7. The molecule has 2 aliphatic carbocycles. The highest BCUT2D eigenvalue weighted by molar-refractivity contribution is 6.12. The van der Waals surface area contributed by atoms with Crippen molar-refractivity contribution < 1.29 is 4.42 Å². The summed E-state index contributed by atoms with van der Waals surface area (Å²) in [4.78, 5) is 5.32. The molecule has 0 aliphatic heterocycles. The van der Waals surface area contributed by atoms with Crippen molar-refractivity contribution in [2.45, 2.75) is 5.41 Å². The Balaban J connectivity index is 1.23. The third-order valence-electron chi connectivity index (χ3n) is 13.3. The molecule has 0 radical (unpaired) electrons. The lowest BCUT2D eigenvalue weighted by Gasteiger charge is -2.36. The minimum Gasteiger partial charge on any atom is -0.456 e. The smallest absolute Gasteiger partial charge is 0.136 e. The van der Waals surface area contributed by atoms with Crippen molar-refractivity contribution in [2.75, 3.05) is 0 Å². The van der Waals surface area contributed by atoms with Crippen LogP contribution in [-0.4, -0.2) is 4.98 Å². The molecule has 0 unspecified atom stereocenters. The Bertz CT molecular complexity index is 3480. The number of benzene rings is 9. The third-order valence-corrected chi connectivity index (χ3v) is 13.3. The monoisotopic (exact) mass is 787 g/mol. The fourth-order valence-electron chi connectivity index (χ4n) is 10.8. The fourth-order valence-corrected chi connectivity index (χ4v) is 10.8. The second kappa shape index (κ2) is 13.5. The number of aromatic nitrogens is 1. The maximum atomic E-state index is 6.75. The first kappa shape index (κ1) is 34.8. The molecule has 1 spiro atoms. The van der Waals surface area contributed by atoms with Gasteiger partial charge in [0.1, 0.15) is 11.2 Å². The molecule has 2 nitrogen and oxygen atoms in total. The quantitative estimate of drug-likeness (QED) is 0.178. The van der Waals surface area contributed by atoms with E-state index in [9.17, 15) is 0 Å². The fraction of sp³-hybridized carbons (Fsp3) is 0.0167. The van der Waals surface area contributed by atoms with Gasteiger partial charge in [-0.2, -0.15) is 0 Å². The molecule has 0 amide bonds. The minimum atomic E-state index is -0.629. The van der Waals surface area contributed by atoms with E-state index in [-0.39, 0.29) is 0 Å². The van der Waals surface area contributed by atoms with Crippen LogP contribution in [0.4, 0.5) is 0 Å². The molecule has 62 heavy (non-hydrogen) atoms. The number of hydrogen-bond donors (Lipinski definition) is 0. The third kappa shape index (κ3) is 4.95. The Kier molecular flexibility index (Phi) is 7.55. The van der Waals surface area contributed by atoms with E-state index < -0.39 is 5.41 Å². The number of fused-ring (bicyclic) bond motifs is 17. The number of rotatable bonds is 3. The van der Waals surface area contributed by atoms with Crippen LogP contribution in [0.3, 0.4) is 0 Å². The lowest BCUT2D eigenvalue weighted by molar-refractivity contribution is 0.669. The van der Waals surface area contributed by atoms with Crippen LogP contribution in [0.5, 0.6) is 0 Å². The Morgan fingerprint density at radius 2 is 0.742 bits per heavy atom. The Morgan fingerprint density at radius 1 is 0.290 bits per heavy atom. The molecule has 0 bridgehead atoms. The van der Waals surface area contributed by atoms with Crippen LogP contribution in [0, 0.1) is 0 Å². The molecule has 2 heteroatoms. The van der Waals surface area contributed by atoms with Crippen LogP contribution in [0.2, 0.25) is 0 Å². The predicted octanol–water partition coefficient (Wildman–Crippen LogP) is 15.7. The standard InChI is InChI=1S/C60H37NO/c1-3-18-38(19-4-1)55-34-40(35-56(61-55)39-20-5-2-6-21-39)41-27-17-28-47-44-24-9-14-31-53(44)60(51-29-12-7-22-42(51)43-23-8-13-30-52(43)60)54-32-15-10-25-45(54)48-37-58-49(36-50(48)59(41)47)46-26-11-16-33-57(46)62-58/h1-37H. The van der Waals surface area contributed by atoms with Crippen LogP contribution < -0.4 is 0 Å². The van der Waals surface area contributed by atoms with Gasteiger partial charge in [-0.25, -0.2) is 4.98 Å². The van der Waals surface area contributed by atoms with Gasteiger partial charge in [0.25, 0.3) is 0 Å². The average molecular weight is 788 g/mol. The summed E-state index contributed by atoms with van der Waals surface area (Å²) in [7, 11) is 0. The minimum absolute atomic E-state index is 0.629. The maximum Gasteiger partial charge on any atom is 0.136 e. The first-order valence-corrected chi connectivity index (χ1v) is 21.4. The van der Waals surface area contributed by atoms with E-state index in [4.69, 9.17) is 9.40 Å². The Hall–Kier alpha value is -8.07. The van der Waals surface area contributed by atoms with Crippen molar-refractivity contribution in [1.82, 2.24) is 4.98 Å².